The number of carbonyl (C=O) groups excluding carboxylic acids is 1. The van der Waals surface area contributed by atoms with Gasteiger partial charge in [0.25, 0.3) is 0 Å². The fourth-order valence-corrected chi connectivity index (χ4v) is 5.83. The van der Waals surface area contributed by atoms with Gasteiger partial charge in [0.05, 0.1) is 18.5 Å². The summed E-state index contributed by atoms with van der Waals surface area (Å²) in [7, 11) is 0. The highest BCUT2D eigenvalue weighted by Gasteiger charge is 2.40. The normalized spacial score (nSPS) is 17.1. The van der Waals surface area contributed by atoms with Crippen LogP contribution in [0.3, 0.4) is 0 Å². The Kier molecular flexibility index (Phi) is 6.86. The van der Waals surface area contributed by atoms with Gasteiger partial charge in [-0.2, -0.15) is 18.2 Å². The molecule has 1 saturated heterocycles. The number of fused-ring (bicyclic) bond motifs is 2. The van der Waals surface area contributed by atoms with Crippen LogP contribution in [0.1, 0.15) is 43.2 Å². The first-order chi connectivity index (χ1) is 17.3. The summed E-state index contributed by atoms with van der Waals surface area (Å²) in [5, 5.41) is 8.16. The van der Waals surface area contributed by atoms with Gasteiger partial charge in [-0.25, -0.2) is 4.98 Å². The van der Waals surface area contributed by atoms with Gasteiger partial charge in [0.2, 0.25) is 11.8 Å². The van der Waals surface area contributed by atoms with Gasteiger partial charge in [0.1, 0.15) is 16.4 Å². The molecule has 0 unspecified atom stereocenters. The molecule has 0 bridgehead atoms. The molecule has 0 spiro atoms. The number of halogens is 3. The molecule has 5 heterocycles. The summed E-state index contributed by atoms with van der Waals surface area (Å²) in [5.74, 6) is 0.898. The molecule has 0 aromatic carbocycles. The lowest BCUT2D eigenvalue weighted by Crippen LogP contribution is -2.48. The van der Waals surface area contributed by atoms with Crippen LogP contribution < -0.4 is 9.80 Å². The van der Waals surface area contributed by atoms with E-state index in [1.54, 1.807) is 11.3 Å². The van der Waals surface area contributed by atoms with Crippen LogP contribution in [-0.2, 0) is 30.5 Å². The molecule has 2 aliphatic rings. The van der Waals surface area contributed by atoms with Crippen molar-refractivity contribution in [2.24, 2.45) is 0 Å². The van der Waals surface area contributed by atoms with Crippen molar-refractivity contribution in [1.29, 1.82) is 0 Å². The van der Waals surface area contributed by atoms with Crippen LogP contribution in [0.2, 0.25) is 0 Å². The number of anilines is 2. The van der Waals surface area contributed by atoms with Crippen molar-refractivity contribution >= 4 is 39.1 Å². The van der Waals surface area contributed by atoms with Gasteiger partial charge in [-0.1, -0.05) is 20.3 Å². The molecule has 3 aromatic heterocycles. The lowest BCUT2D eigenvalue weighted by molar-refractivity contribution is -0.147. The molecule has 2 aliphatic heterocycles. The molecule has 3 aromatic rings. The summed E-state index contributed by atoms with van der Waals surface area (Å²) >= 11 is 1.64. The highest BCUT2D eigenvalue weighted by molar-refractivity contribution is 7.18. The quantitative estimate of drug-likeness (QED) is 0.467. The van der Waals surface area contributed by atoms with Gasteiger partial charge >= 0.3 is 6.18 Å². The van der Waals surface area contributed by atoms with E-state index < -0.39 is 12.0 Å². The predicted molar refractivity (Wildman–Crippen MR) is 131 cm³/mol. The Hall–Kier alpha value is -2.80. The molecule has 0 aliphatic carbocycles. The van der Waals surface area contributed by atoms with E-state index in [0.717, 1.165) is 46.5 Å². The average molecular weight is 523 g/mol. The Morgan fingerprint density at radius 2 is 1.78 bits per heavy atom. The van der Waals surface area contributed by atoms with E-state index in [4.69, 9.17) is 9.97 Å². The molecule has 1 fully saturated rings. The first-order valence-corrected chi connectivity index (χ1v) is 13.1. The number of piperazine rings is 1. The highest BCUT2D eigenvalue weighted by atomic mass is 32.1. The molecule has 0 saturated carbocycles. The Morgan fingerprint density at radius 1 is 1.03 bits per heavy atom. The average Bonchev–Trinajstić information content (AvgIpc) is 3.47. The van der Waals surface area contributed by atoms with E-state index in [-0.39, 0.29) is 24.7 Å². The Labute approximate surface area is 210 Å². The molecule has 5 rings (SSSR count). The maximum absolute atomic E-state index is 13.3. The number of aryl methyl sites for hydroxylation is 1. The number of nitrogens with zero attached hydrogens (tertiary/aromatic N) is 8. The molecule has 9 nitrogen and oxygen atoms in total. The minimum absolute atomic E-state index is 0.133. The topological polar surface area (TPSA) is 83.3 Å². The maximum Gasteiger partial charge on any atom is 0.451 e. The van der Waals surface area contributed by atoms with Crippen molar-refractivity contribution in [3.8, 4) is 0 Å². The van der Waals surface area contributed by atoms with Crippen molar-refractivity contribution in [3.05, 3.63) is 22.6 Å². The van der Waals surface area contributed by atoms with Crippen molar-refractivity contribution in [3.63, 3.8) is 0 Å². The van der Waals surface area contributed by atoms with E-state index in [2.05, 4.69) is 33.0 Å². The Morgan fingerprint density at radius 3 is 2.47 bits per heavy atom. The number of aromatic nitrogens is 5. The first kappa shape index (κ1) is 24.9. The molecular formula is C23H29F3N8OS. The second-order valence-electron chi connectivity index (χ2n) is 9.19. The molecule has 194 valence electrons. The second kappa shape index (κ2) is 9.92. The van der Waals surface area contributed by atoms with Crippen LogP contribution in [0, 0.1) is 0 Å². The van der Waals surface area contributed by atoms with Gasteiger partial charge in [0.15, 0.2) is 5.82 Å². The third-order valence-corrected chi connectivity index (χ3v) is 7.75. The predicted octanol–water partition coefficient (Wildman–Crippen LogP) is 3.38. The van der Waals surface area contributed by atoms with E-state index >= 15 is 0 Å². The minimum Gasteiger partial charge on any atom is -0.347 e. The summed E-state index contributed by atoms with van der Waals surface area (Å²) in [6, 6.07) is 2.11. The SMILES string of the molecule is CCCc1cc2c(N3CCn4c(nnc4C(F)(F)F)C3)nc(N3CCN(CC(=O)CC)CC3)nc2s1. The van der Waals surface area contributed by atoms with Gasteiger partial charge < -0.3 is 14.4 Å². The largest absolute Gasteiger partial charge is 0.451 e. The standard InChI is InChI=1S/C23H29F3N8OS/c1-3-5-16-12-17-19(33-10-11-34-18(14-33)29-30-21(34)23(24,25)26)27-22(28-20(17)36-16)32-8-6-31(7-9-32)13-15(35)4-2/h12H,3-11,13-14H2,1-2H3. The molecule has 0 N–H and O–H groups in total. The van der Waals surface area contributed by atoms with Gasteiger partial charge in [0, 0.05) is 50.6 Å². The number of ketones is 1. The lowest BCUT2D eigenvalue weighted by atomic mass is 10.2. The van der Waals surface area contributed by atoms with Crippen LogP contribution in [0.4, 0.5) is 24.9 Å². The number of hydrogen-bond donors (Lipinski definition) is 0. The number of carbonyl (C=O) groups is 1. The van der Waals surface area contributed by atoms with Crippen molar-refractivity contribution < 1.29 is 18.0 Å². The van der Waals surface area contributed by atoms with Crippen LogP contribution >= 0.6 is 11.3 Å². The summed E-state index contributed by atoms with van der Waals surface area (Å²) in [5.41, 5.74) is 0. The number of thiophene rings is 1. The molecule has 0 amide bonds. The fourth-order valence-electron chi connectivity index (χ4n) is 4.71. The second-order valence-corrected chi connectivity index (χ2v) is 10.3. The summed E-state index contributed by atoms with van der Waals surface area (Å²) in [6.07, 6.45) is -2.05. The third kappa shape index (κ3) is 4.90. The van der Waals surface area contributed by atoms with Gasteiger partial charge in [-0.05, 0) is 12.5 Å². The minimum atomic E-state index is -4.53. The number of rotatable bonds is 7. The van der Waals surface area contributed by atoms with Crippen LogP contribution in [0.5, 0.6) is 0 Å². The number of Topliss-reactive ketones (excluding diaryl/α,β-unsaturated/α-hetero) is 1. The van der Waals surface area contributed by atoms with Crippen LogP contribution in [0.15, 0.2) is 6.07 Å². The summed E-state index contributed by atoms with van der Waals surface area (Å²) in [4.78, 5) is 30.0. The highest BCUT2D eigenvalue weighted by Crippen LogP contribution is 2.36. The zero-order valence-electron chi connectivity index (χ0n) is 20.4. The lowest BCUT2D eigenvalue weighted by Gasteiger charge is -2.35. The Bertz CT molecular complexity index is 1250. The van der Waals surface area contributed by atoms with Crippen LogP contribution in [-0.4, -0.2) is 74.7 Å². The number of hydrogen-bond acceptors (Lipinski definition) is 9. The van der Waals surface area contributed by atoms with Gasteiger partial charge in [-0.15, -0.1) is 21.5 Å². The van der Waals surface area contributed by atoms with Crippen molar-refractivity contribution in [2.45, 2.75) is 52.4 Å². The van der Waals surface area contributed by atoms with Crippen molar-refractivity contribution in [1.82, 2.24) is 29.6 Å². The number of alkyl halides is 3. The van der Waals surface area contributed by atoms with E-state index in [1.165, 1.54) is 4.88 Å². The third-order valence-electron chi connectivity index (χ3n) is 6.66. The van der Waals surface area contributed by atoms with Gasteiger partial charge in [-0.3, -0.25) is 9.69 Å². The van der Waals surface area contributed by atoms with E-state index in [1.807, 2.05) is 11.8 Å². The Balaban J connectivity index is 1.44. The van der Waals surface area contributed by atoms with E-state index in [0.29, 0.717) is 38.5 Å². The fraction of sp³-hybridized carbons (Fsp3) is 0.609. The molecule has 0 radical (unpaired) electrons. The zero-order chi connectivity index (χ0) is 25.4. The zero-order valence-corrected chi connectivity index (χ0v) is 21.2. The summed E-state index contributed by atoms with van der Waals surface area (Å²) in [6.45, 7) is 8.08. The monoisotopic (exact) mass is 522 g/mol. The molecule has 0 atom stereocenters. The molecule has 13 heteroatoms. The summed E-state index contributed by atoms with van der Waals surface area (Å²) < 4.78 is 41.1. The van der Waals surface area contributed by atoms with Crippen LogP contribution in [0.25, 0.3) is 10.2 Å². The first-order valence-electron chi connectivity index (χ1n) is 12.3. The molecular weight excluding hydrogens is 493 g/mol. The smallest absolute Gasteiger partial charge is 0.347 e. The maximum atomic E-state index is 13.3. The van der Waals surface area contributed by atoms with Crippen molar-refractivity contribution in [2.75, 3.05) is 49.1 Å². The molecule has 36 heavy (non-hydrogen) atoms. The van der Waals surface area contributed by atoms with E-state index in [9.17, 15) is 18.0 Å².